The third-order valence-corrected chi connectivity index (χ3v) is 4.52. The van der Waals surface area contributed by atoms with Crippen LogP contribution in [0.2, 0.25) is 0 Å². The minimum absolute atomic E-state index is 0.00396. The third-order valence-electron chi connectivity index (χ3n) is 3.96. The Kier molecular flexibility index (Phi) is 3.16. The van der Waals surface area contributed by atoms with Crippen molar-refractivity contribution in [3.63, 3.8) is 0 Å². The number of nitrogens with one attached hydrogen (secondary N) is 1. The maximum atomic E-state index is 5.83. The van der Waals surface area contributed by atoms with E-state index in [2.05, 4.69) is 55.9 Å². The molecule has 1 aromatic carbocycles. The van der Waals surface area contributed by atoms with Gasteiger partial charge < -0.3 is 0 Å². The molecule has 1 fully saturated rings. The molecule has 0 bridgehead atoms. The van der Waals surface area contributed by atoms with Crippen molar-refractivity contribution >= 4 is 15.9 Å². The molecule has 1 aliphatic rings. The third kappa shape index (κ3) is 2.00. The molecule has 1 aromatic heterocycles. The Hall–Kier alpha value is -1.24. The predicted molar refractivity (Wildman–Crippen MR) is 76.1 cm³/mol. The van der Waals surface area contributed by atoms with E-state index in [0.717, 1.165) is 23.1 Å². The van der Waals surface area contributed by atoms with Crippen molar-refractivity contribution in [2.45, 2.75) is 24.3 Å². The molecule has 5 nitrogen and oxygen atoms in total. The number of aryl methyl sites for hydroxylation is 1. The molecule has 1 heterocycles. The highest BCUT2D eigenvalue weighted by molar-refractivity contribution is 9.10. The summed E-state index contributed by atoms with van der Waals surface area (Å²) >= 11 is 3.46. The number of hydrogen-bond acceptors (Lipinski definition) is 4. The molecule has 3 rings (SSSR count). The first-order chi connectivity index (χ1) is 9.19. The number of nitrogens with two attached hydrogens (primary N) is 1. The largest absolute Gasteiger partial charge is 0.271 e. The Balaban J connectivity index is 2.04. The first kappa shape index (κ1) is 12.8. The van der Waals surface area contributed by atoms with Crippen LogP contribution in [0.3, 0.4) is 0 Å². The summed E-state index contributed by atoms with van der Waals surface area (Å²) in [6.45, 7) is 0. The van der Waals surface area contributed by atoms with E-state index in [-0.39, 0.29) is 11.5 Å². The number of aromatic nitrogens is 3. The van der Waals surface area contributed by atoms with E-state index < -0.39 is 0 Å². The first-order valence-corrected chi connectivity index (χ1v) is 7.05. The second-order valence-electron chi connectivity index (χ2n) is 5.01. The number of halogens is 1. The van der Waals surface area contributed by atoms with Crippen molar-refractivity contribution in [2.75, 3.05) is 0 Å². The van der Waals surface area contributed by atoms with Crippen molar-refractivity contribution in [3.8, 4) is 0 Å². The van der Waals surface area contributed by atoms with E-state index in [9.17, 15) is 0 Å². The maximum absolute atomic E-state index is 5.83. The van der Waals surface area contributed by atoms with Gasteiger partial charge in [-0.3, -0.25) is 11.3 Å². The Morgan fingerprint density at radius 2 is 2.05 bits per heavy atom. The smallest absolute Gasteiger partial charge is 0.153 e. The SMILES string of the molecule is Cn1nnc(Br)c1C(NN)C1(c2ccccc2)CC1. The standard InChI is InChI=1S/C13H16BrN5/c1-19-10(12(14)17-18-19)11(16-15)13(7-8-13)9-5-3-2-4-6-9/h2-6,11,16H,7-8,15H2,1H3. The molecule has 19 heavy (non-hydrogen) atoms. The van der Waals surface area contributed by atoms with Crippen LogP contribution in [0.15, 0.2) is 34.9 Å². The zero-order valence-electron chi connectivity index (χ0n) is 10.7. The van der Waals surface area contributed by atoms with Gasteiger partial charge in [0.05, 0.1) is 11.7 Å². The van der Waals surface area contributed by atoms with Crippen LogP contribution >= 0.6 is 15.9 Å². The molecule has 0 aliphatic heterocycles. The molecule has 6 heteroatoms. The van der Waals surface area contributed by atoms with Crippen LogP contribution in [-0.4, -0.2) is 15.0 Å². The Morgan fingerprint density at radius 3 is 2.53 bits per heavy atom. The average molecular weight is 322 g/mol. The van der Waals surface area contributed by atoms with Gasteiger partial charge in [0.1, 0.15) is 0 Å². The lowest BCUT2D eigenvalue weighted by Gasteiger charge is -2.27. The van der Waals surface area contributed by atoms with Crippen LogP contribution in [0, 0.1) is 0 Å². The number of hydrogen-bond donors (Lipinski definition) is 2. The van der Waals surface area contributed by atoms with E-state index in [4.69, 9.17) is 5.84 Å². The fourth-order valence-electron chi connectivity index (χ4n) is 2.79. The Morgan fingerprint density at radius 1 is 1.37 bits per heavy atom. The van der Waals surface area contributed by atoms with Crippen molar-refractivity contribution in [3.05, 3.63) is 46.2 Å². The average Bonchev–Trinajstić information content (AvgIpc) is 3.17. The van der Waals surface area contributed by atoms with Gasteiger partial charge in [0.25, 0.3) is 0 Å². The molecule has 0 amide bonds. The van der Waals surface area contributed by atoms with Crippen molar-refractivity contribution in [1.82, 2.24) is 20.4 Å². The van der Waals surface area contributed by atoms with Gasteiger partial charge in [-0.15, -0.1) is 5.10 Å². The fourth-order valence-corrected chi connectivity index (χ4v) is 3.35. The molecular formula is C13H16BrN5. The Labute approximate surface area is 120 Å². The summed E-state index contributed by atoms with van der Waals surface area (Å²) in [7, 11) is 1.89. The molecule has 0 radical (unpaired) electrons. The highest BCUT2D eigenvalue weighted by atomic mass is 79.9. The minimum Gasteiger partial charge on any atom is -0.271 e. The van der Waals surface area contributed by atoms with Gasteiger partial charge in [-0.2, -0.15) is 0 Å². The molecule has 100 valence electrons. The summed E-state index contributed by atoms with van der Waals surface area (Å²) in [5, 5.41) is 8.10. The van der Waals surface area contributed by atoms with Crippen LogP contribution < -0.4 is 11.3 Å². The van der Waals surface area contributed by atoms with E-state index >= 15 is 0 Å². The van der Waals surface area contributed by atoms with E-state index in [1.807, 2.05) is 13.1 Å². The maximum Gasteiger partial charge on any atom is 0.153 e. The molecule has 1 atom stereocenters. The van der Waals surface area contributed by atoms with Crippen LogP contribution in [0.25, 0.3) is 0 Å². The fraction of sp³-hybridized carbons (Fsp3) is 0.385. The van der Waals surface area contributed by atoms with Crippen LogP contribution in [0.5, 0.6) is 0 Å². The molecule has 2 aromatic rings. The highest BCUT2D eigenvalue weighted by Crippen LogP contribution is 2.56. The number of hydrazine groups is 1. The number of rotatable bonds is 4. The van der Waals surface area contributed by atoms with Crippen LogP contribution in [-0.2, 0) is 12.5 Å². The number of nitrogens with zero attached hydrogens (tertiary/aromatic N) is 3. The van der Waals surface area contributed by atoms with Gasteiger partial charge in [0, 0.05) is 12.5 Å². The summed E-state index contributed by atoms with van der Waals surface area (Å²) in [5.41, 5.74) is 5.31. The molecule has 0 saturated heterocycles. The summed E-state index contributed by atoms with van der Waals surface area (Å²) < 4.78 is 2.53. The lowest BCUT2D eigenvalue weighted by Crippen LogP contribution is -2.38. The monoisotopic (exact) mass is 321 g/mol. The molecule has 1 unspecified atom stereocenters. The molecule has 0 spiro atoms. The normalized spacial score (nSPS) is 18.3. The van der Waals surface area contributed by atoms with E-state index in [0.29, 0.717) is 0 Å². The Bertz CT molecular complexity index is 556. The van der Waals surface area contributed by atoms with Gasteiger partial charge in [0.15, 0.2) is 4.60 Å². The topological polar surface area (TPSA) is 68.8 Å². The second kappa shape index (κ2) is 4.70. The van der Waals surface area contributed by atoms with Crippen molar-refractivity contribution in [1.29, 1.82) is 0 Å². The second-order valence-corrected chi connectivity index (χ2v) is 5.76. The van der Waals surface area contributed by atoms with E-state index in [1.54, 1.807) is 4.68 Å². The van der Waals surface area contributed by atoms with Gasteiger partial charge >= 0.3 is 0 Å². The van der Waals surface area contributed by atoms with Crippen molar-refractivity contribution < 1.29 is 0 Å². The quantitative estimate of drug-likeness (QED) is 0.665. The minimum atomic E-state index is 0.00396. The first-order valence-electron chi connectivity index (χ1n) is 6.26. The molecule has 1 aliphatic carbocycles. The summed E-state index contributed by atoms with van der Waals surface area (Å²) in [4.78, 5) is 0. The zero-order valence-corrected chi connectivity index (χ0v) is 12.3. The summed E-state index contributed by atoms with van der Waals surface area (Å²) in [5.74, 6) is 5.83. The van der Waals surface area contributed by atoms with Gasteiger partial charge in [0.2, 0.25) is 0 Å². The lowest BCUT2D eigenvalue weighted by molar-refractivity contribution is 0.411. The van der Waals surface area contributed by atoms with Crippen molar-refractivity contribution in [2.24, 2.45) is 12.9 Å². The van der Waals surface area contributed by atoms with Crippen LogP contribution in [0.4, 0.5) is 0 Å². The zero-order chi connectivity index (χ0) is 13.5. The van der Waals surface area contributed by atoms with E-state index in [1.165, 1.54) is 5.56 Å². The predicted octanol–water partition coefficient (Wildman–Crippen LogP) is 1.81. The molecule has 3 N–H and O–H groups in total. The van der Waals surface area contributed by atoms with Gasteiger partial charge in [-0.05, 0) is 34.3 Å². The van der Waals surface area contributed by atoms with Gasteiger partial charge in [-0.25, -0.2) is 4.68 Å². The summed E-state index contributed by atoms with van der Waals surface area (Å²) in [6, 6.07) is 10.5. The van der Waals surface area contributed by atoms with Crippen LogP contribution in [0.1, 0.15) is 30.1 Å². The molecular weight excluding hydrogens is 306 g/mol. The molecule has 1 saturated carbocycles. The summed E-state index contributed by atoms with van der Waals surface area (Å²) in [6.07, 6.45) is 2.23. The number of benzene rings is 1. The highest BCUT2D eigenvalue weighted by Gasteiger charge is 2.52. The van der Waals surface area contributed by atoms with Gasteiger partial charge in [-0.1, -0.05) is 35.5 Å². The lowest BCUT2D eigenvalue weighted by atomic mass is 9.86.